The fraction of sp³-hybridized carbons (Fsp3) is 0.150. The predicted octanol–water partition coefficient (Wildman–Crippen LogP) is 4.21. The summed E-state index contributed by atoms with van der Waals surface area (Å²) in [5.41, 5.74) is 2.41. The van der Waals surface area contributed by atoms with Gasteiger partial charge in [0.1, 0.15) is 6.61 Å². The number of aromatic nitrogens is 1. The Bertz CT molecular complexity index is 788. The Morgan fingerprint density at radius 3 is 2.33 bits per heavy atom. The molecule has 0 saturated carbocycles. The van der Waals surface area contributed by atoms with Crippen LogP contribution in [0.15, 0.2) is 73.1 Å². The second kappa shape index (κ2) is 8.15. The number of hydrogen-bond donors (Lipinski definition) is 0. The van der Waals surface area contributed by atoms with Gasteiger partial charge < -0.3 is 9.47 Å². The Kier molecular flexibility index (Phi) is 5.69. The smallest absolute Gasteiger partial charge is 0.174 e. The number of methoxy groups -OCH3 is 1. The normalized spacial score (nSPS) is 10.4. The van der Waals surface area contributed by atoms with Gasteiger partial charge in [0.25, 0.3) is 0 Å². The summed E-state index contributed by atoms with van der Waals surface area (Å²) < 4.78 is 14.5. The monoisotopic (exact) mass is 432 g/mol. The zero-order chi connectivity index (χ0) is 16.8. The molecule has 3 aromatic rings. The van der Waals surface area contributed by atoms with Crippen molar-refractivity contribution in [2.45, 2.75) is 13.2 Å². The van der Waals surface area contributed by atoms with Crippen LogP contribution in [0.25, 0.3) is 0 Å². The third kappa shape index (κ3) is 4.26. The largest absolute Gasteiger partial charge is 0.493 e. The topological polar surface area (TPSA) is 22.3 Å². The quantitative estimate of drug-likeness (QED) is 0.430. The lowest BCUT2D eigenvalue weighted by atomic mass is 10.2. The lowest BCUT2D eigenvalue weighted by Crippen LogP contribution is -2.33. The molecule has 0 unspecified atom stereocenters. The minimum atomic E-state index is 0.516. The Hall–Kier alpha value is -2.08. The number of ether oxygens (including phenoxy) is 2. The Labute approximate surface area is 156 Å². The molecule has 122 valence electrons. The Morgan fingerprint density at radius 2 is 1.62 bits per heavy atom. The van der Waals surface area contributed by atoms with Crippen molar-refractivity contribution < 1.29 is 14.0 Å². The molecule has 1 heterocycles. The molecule has 0 radical (unpaired) electrons. The van der Waals surface area contributed by atoms with Crippen LogP contribution in [0.2, 0.25) is 0 Å². The molecular formula is C20H19INO2+. The van der Waals surface area contributed by atoms with Gasteiger partial charge in [-0.05, 0) is 34.7 Å². The van der Waals surface area contributed by atoms with Crippen molar-refractivity contribution in [2.24, 2.45) is 0 Å². The first-order chi connectivity index (χ1) is 11.8. The van der Waals surface area contributed by atoms with Crippen LogP contribution in [-0.4, -0.2) is 7.11 Å². The van der Waals surface area contributed by atoms with Crippen molar-refractivity contribution in [3.8, 4) is 11.5 Å². The third-order valence-electron chi connectivity index (χ3n) is 3.70. The van der Waals surface area contributed by atoms with Gasteiger partial charge in [0.2, 0.25) is 0 Å². The molecule has 3 nitrogen and oxygen atoms in total. The highest BCUT2D eigenvalue weighted by Gasteiger charge is 2.09. The zero-order valence-electron chi connectivity index (χ0n) is 13.5. The van der Waals surface area contributed by atoms with Gasteiger partial charge in [-0.3, -0.25) is 0 Å². The van der Waals surface area contributed by atoms with E-state index in [1.165, 1.54) is 5.56 Å². The van der Waals surface area contributed by atoms with Crippen LogP contribution >= 0.6 is 22.6 Å². The summed E-state index contributed by atoms with van der Waals surface area (Å²) in [6.07, 6.45) is 4.16. The summed E-state index contributed by atoms with van der Waals surface area (Å²) in [5, 5.41) is 0. The van der Waals surface area contributed by atoms with Gasteiger partial charge >= 0.3 is 0 Å². The highest BCUT2D eigenvalue weighted by atomic mass is 127. The van der Waals surface area contributed by atoms with Gasteiger partial charge in [-0.25, -0.2) is 4.57 Å². The van der Waals surface area contributed by atoms with E-state index in [-0.39, 0.29) is 0 Å². The van der Waals surface area contributed by atoms with Crippen LogP contribution in [0, 0.1) is 3.57 Å². The zero-order valence-corrected chi connectivity index (χ0v) is 15.6. The molecule has 0 aliphatic rings. The second-order valence-corrected chi connectivity index (χ2v) is 6.59. The molecule has 24 heavy (non-hydrogen) atoms. The Balaban J connectivity index is 1.65. The van der Waals surface area contributed by atoms with Gasteiger partial charge in [-0.1, -0.05) is 36.4 Å². The summed E-state index contributed by atoms with van der Waals surface area (Å²) in [4.78, 5) is 0. The summed E-state index contributed by atoms with van der Waals surface area (Å²) >= 11 is 2.26. The predicted molar refractivity (Wildman–Crippen MR) is 102 cm³/mol. The molecule has 0 saturated heterocycles. The molecule has 0 atom stereocenters. The van der Waals surface area contributed by atoms with Crippen molar-refractivity contribution in [1.29, 1.82) is 0 Å². The third-order valence-corrected chi connectivity index (χ3v) is 4.55. The maximum absolute atomic E-state index is 5.96. The van der Waals surface area contributed by atoms with Gasteiger partial charge in [-0.15, -0.1) is 0 Å². The molecule has 4 heteroatoms. The number of benzene rings is 2. The number of nitrogens with zero attached hydrogens (tertiary/aromatic N) is 1. The van der Waals surface area contributed by atoms with E-state index in [2.05, 4.69) is 75.9 Å². The fourth-order valence-electron chi connectivity index (χ4n) is 2.43. The summed E-state index contributed by atoms with van der Waals surface area (Å²) in [6, 6.07) is 20.5. The molecule has 0 aliphatic heterocycles. The van der Waals surface area contributed by atoms with E-state index in [0.29, 0.717) is 6.61 Å². The summed E-state index contributed by atoms with van der Waals surface area (Å²) in [5.74, 6) is 1.55. The van der Waals surface area contributed by atoms with E-state index in [4.69, 9.17) is 9.47 Å². The maximum Gasteiger partial charge on any atom is 0.174 e. The number of rotatable bonds is 6. The molecule has 0 amide bonds. The average molecular weight is 432 g/mol. The van der Waals surface area contributed by atoms with Gasteiger partial charge in [0.15, 0.2) is 30.4 Å². The molecule has 0 spiro atoms. The van der Waals surface area contributed by atoms with Crippen molar-refractivity contribution >= 4 is 22.6 Å². The molecule has 0 bridgehead atoms. The SMILES string of the molecule is COc1cccc(I)c1OCc1cc[n+](Cc2ccccc2)cc1. The van der Waals surface area contributed by atoms with Crippen LogP contribution in [0.5, 0.6) is 11.5 Å². The van der Waals surface area contributed by atoms with E-state index in [1.807, 2.05) is 24.3 Å². The van der Waals surface area contributed by atoms with E-state index in [9.17, 15) is 0 Å². The highest BCUT2D eigenvalue weighted by Crippen LogP contribution is 2.32. The summed E-state index contributed by atoms with van der Waals surface area (Å²) in [6.45, 7) is 1.38. The number of halogens is 1. The first kappa shape index (κ1) is 16.8. The van der Waals surface area contributed by atoms with E-state index in [1.54, 1.807) is 7.11 Å². The number of para-hydroxylation sites is 1. The first-order valence-corrected chi connectivity index (χ1v) is 8.81. The van der Waals surface area contributed by atoms with E-state index in [0.717, 1.165) is 27.2 Å². The molecular weight excluding hydrogens is 413 g/mol. The molecule has 0 N–H and O–H groups in total. The molecule has 2 aromatic carbocycles. The molecule has 0 aliphatic carbocycles. The summed E-state index contributed by atoms with van der Waals surface area (Å²) in [7, 11) is 1.66. The minimum Gasteiger partial charge on any atom is -0.493 e. The van der Waals surface area contributed by atoms with Crippen LogP contribution in [0.3, 0.4) is 0 Å². The van der Waals surface area contributed by atoms with Gasteiger partial charge in [-0.2, -0.15) is 0 Å². The van der Waals surface area contributed by atoms with Crippen LogP contribution < -0.4 is 14.0 Å². The number of hydrogen-bond acceptors (Lipinski definition) is 2. The number of pyridine rings is 1. The van der Waals surface area contributed by atoms with Gasteiger partial charge in [0, 0.05) is 23.3 Å². The first-order valence-electron chi connectivity index (χ1n) is 7.73. The van der Waals surface area contributed by atoms with Crippen LogP contribution in [0.4, 0.5) is 0 Å². The molecule has 3 rings (SSSR count). The minimum absolute atomic E-state index is 0.516. The van der Waals surface area contributed by atoms with Crippen molar-refractivity contribution in [2.75, 3.05) is 7.11 Å². The van der Waals surface area contributed by atoms with Crippen LogP contribution in [0.1, 0.15) is 11.1 Å². The van der Waals surface area contributed by atoms with Gasteiger partial charge in [0.05, 0.1) is 10.7 Å². The van der Waals surface area contributed by atoms with Crippen molar-refractivity contribution in [3.05, 3.63) is 87.8 Å². The molecule has 0 fully saturated rings. The molecule has 1 aromatic heterocycles. The lowest BCUT2D eigenvalue weighted by Gasteiger charge is -2.12. The van der Waals surface area contributed by atoms with Crippen molar-refractivity contribution in [3.63, 3.8) is 0 Å². The maximum atomic E-state index is 5.96. The fourth-order valence-corrected chi connectivity index (χ4v) is 3.06. The second-order valence-electron chi connectivity index (χ2n) is 5.42. The van der Waals surface area contributed by atoms with E-state index < -0.39 is 0 Å². The van der Waals surface area contributed by atoms with Crippen molar-refractivity contribution in [1.82, 2.24) is 0 Å². The highest BCUT2D eigenvalue weighted by molar-refractivity contribution is 14.1. The van der Waals surface area contributed by atoms with E-state index >= 15 is 0 Å². The standard InChI is InChI=1S/C20H19INO2/c1-23-19-9-5-8-18(21)20(19)24-15-17-10-12-22(13-11-17)14-16-6-3-2-4-7-16/h2-13H,14-15H2,1H3/q+1. The lowest BCUT2D eigenvalue weighted by molar-refractivity contribution is -0.688. The average Bonchev–Trinajstić information content (AvgIpc) is 2.62. The Morgan fingerprint density at radius 1 is 0.875 bits per heavy atom. The van der Waals surface area contributed by atoms with Crippen LogP contribution in [-0.2, 0) is 13.2 Å².